The summed E-state index contributed by atoms with van der Waals surface area (Å²) in [6, 6.07) is 1.74. The first-order valence-electron chi connectivity index (χ1n) is 5.82. The number of nitrogens with zero attached hydrogens (tertiary/aromatic N) is 4. The molecule has 0 aliphatic heterocycles. The molecule has 8 heteroatoms. The van der Waals surface area contributed by atoms with E-state index in [1.807, 2.05) is 11.9 Å². The van der Waals surface area contributed by atoms with Crippen LogP contribution < -0.4 is 10.6 Å². The van der Waals surface area contributed by atoms with Gasteiger partial charge in [-0.05, 0) is 6.92 Å². The second-order valence-corrected chi connectivity index (χ2v) is 4.93. The standard InChI is InChI=1S/C11H16ClN5O2/c1-7-13-9(16(2)5-8(12)6-19-3)4-10-14-15-11(18)17(7)10/h4,8H,5-6H2,1-3H3,(H,15,18). The maximum absolute atomic E-state index is 11.5. The van der Waals surface area contributed by atoms with Gasteiger partial charge in [0.25, 0.3) is 0 Å². The van der Waals surface area contributed by atoms with Gasteiger partial charge in [0.15, 0.2) is 5.65 Å². The van der Waals surface area contributed by atoms with Crippen LogP contribution in [-0.4, -0.2) is 52.3 Å². The quantitative estimate of drug-likeness (QED) is 0.806. The third kappa shape index (κ3) is 2.87. The van der Waals surface area contributed by atoms with Crippen LogP contribution in [0.15, 0.2) is 10.9 Å². The second kappa shape index (κ2) is 5.58. The van der Waals surface area contributed by atoms with Crippen molar-refractivity contribution in [3.63, 3.8) is 0 Å². The van der Waals surface area contributed by atoms with Gasteiger partial charge >= 0.3 is 5.69 Å². The molecule has 0 radical (unpaired) electrons. The number of fused-ring (bicyclic) bond motifs is 1. The molecule has 1 N–H and O–H groups in total. The Morgan fingerprint density at radius 2 is 2.37 bits per heavy atom. The van der Waals surface area contributed by atoms with E-state index in [1.54, 1.807) is 20.1 Å². The van der Waals surface area contributed by atoms with E-state index in [1.165, 1.54) is 4.40 Å². The molecule has 0 saturated heterocycles. The predicted molar refractivity (Wildman–Crippen MR) is 73.1 cm³/mol. The van der Waals surface area contributed by atoms with Crippen molar-refractivity contribution >= 4 is 23.1 Å². The zero-order valence-corrected chi connectivity index (χ0v) is 11.8. The highest BCUT2D eigenvalue weighted by Crippen LogP contribution is 2.13. The number of methoxy groups -OCH3 is 1. The van der Waals surface area contributed by atoms with Crippen LogP contribution in [0.25, 0.3) is 5.65 Å². The number of aromatic nitrogens is 4. The molecule has 104 valence electrons. The van der Waals surface area contributed by atoms with Crippen molar-refractivity contribution in [1.82, 2.24) is 19.6 Å². The number of rotatable bonds is 5. The Labute approximate surface area is 115 Å². The molecule has 0 aromatic carbocycles. The summed E-state index contributed by atoms with van der Waals surface area (Å²) < 4.78 is 6.42. The number of aromatic amines is 1. The van der Waals surface area contributed by atoms with E-state index < -0.39 is 0 Å². The molecular weight excluding hydrogens is 270 g/mol. The zero-order valence-electron chi connectivity index (χ0n) is 11.1. The Balaban J connectivity index is 2.27. The minimum Gasteiger partial charge on any atom is -0.383 e. The average molecular weight is 286 g/mol. The van der Waals surface area contributed by atoms with Gasteiger partial charge in [0.05, 0.1) is 12.0 Å². The van der Waals surface area contributed by atoms with Crippen molar-refractivity contribution in [3.8, 4) is 0 Å². The molecule has 2 heterocycles. The van der Waals surface area contributed by atoms with Crippen molar-refractivity contribution in [2.24, 2.45) is 0 Å². The summed E-state index contributed by atoms with van der Waals surface area (Å²) in [4.78, 5) is 17.8. The Hall–Kier alpha value is -1.60. The van der Waals surface area contributed by atoms with Crippen molar-refractivity contribution in [1.29, 1.82) is 0 Å². The van der Waals surface area contributed by atoms with Crippen LogP contribution in [-0.2, 0) is 4.74 Å². The molecule has 7 nitrogen and oxygen atoms in total. The van der Waals surface area contributed by atoms with Crippen LogP contribution >= 0.6 is 11.6 Å². The largest absolute Gasteiger partial charge is 0.383 e. The highest BCUT2D eigenvalue weighted by Gasteiger charge is 2.13. The smallest absolute Gasteiger partial charge is 0.349 e. The number of ether oxygens (including phenoxy) is 1. The lowest BCUT2D eigenvalue weighted by Gasteiger charge is -2.21. The first-order chi connectivity index (χ1) is 9.02. The summed E-state index contributed by atoms with van der Waals surface area (Å²) in [5.41, 5.74) is 0.251. The number of anilines is 1. The van der Waals surface area contributed by atoms with Crippen molar-refractivity contribution < 1.29 is 4.74 Å². The van der Waals surface area contributed by atoms with Crippen LogP contribution in [0.2, 0.25) is 0 Å². The van der Waals surface area contributed by atoms with E-state index in [4.69, 9.17) is 16.3 Å². The number of aryl methyl sites for hydroxylation is 1. The Morgan fingerprint density at radius 3 is 3.05 bits per heavy atom. The molecule has 1 atom stereocenters. The Morgan fingerprint density at radius 1 is 1.63 bits per heavy atom. The number of H-pyrrole nitrogens is 1. The van der Waals surface area contributed by atoms with Gasteiger partial charge in [-0.2, -0.15) is 5.10 Å². The first-order valence-corrected chi connectivity index (χ1v) is 6.25. The van der Waals surface area contributed by atoms with Gasteiger partial charge in [0.1, 0.15) is 11.6 Å². The van der Waals surface area contributed by atoms with E-state index in [0.29, 0.717) is 30.4 Å². The lowest BCUT2D eigenvalue weighted by atomic mass is 10.4. The molecule has 0 aliphatic rings. The van der Waals surface area contributed by atoms with E-state index in [0.717, 1.165) is 0 Å². The summed E-state index contributed by atoms with van der Waals surface area (Å²) >= 11 is 6.12. The molecule has 2 aromatic heterocycles. The van der Waals surface area contributed by atoms with Crippen molar-refractivity contribution in [2.45, 2.75) is 12.3 Å². The number of alkyl halides is 1. The number of nitrogens with one attached hydrogen (secondary N) is 1. The van der Waals surface area contributed by atoms with Gasteiger partial charge in [-0.25, -0.2) is 19.3 Å². The lowest BCUT2D eigenvalue weighted by Crippen LogP contribution is -2.29. The van der Waals surface area contributed by atoms with Crippen LogP contribution in [0.1, 0.15) is 5.82 Å². The van der Waals surface area contributed by atoms with Crippen molar-refractivity contribution in [2.75, 3.05) is 32.2 Å². The highest BCUT2D eigenvalue weighted by atomic mass is 35.5. The molecule has 0 bridgehead atoms. The molecule has 2 aromatic rings. The van der Waals surface area contributed by atoms with E-state index in [9.17, 15) is 4.79 Å². The fourth-order valence-corrected chi connectivity index (χ4v) is 2.24. The first kappa shape index (κ1) is 13.8. The lowest BCUT2D eigenvalue weighted by molar-refractivity contribution is 0.199. The molecule has 2 rings (SSSR count). The van der Waals surface area contributed by atoms with Crippen molar-refractivity contribution in [3.05, 3.63) is 22.4 Å². The maximum Gasteiger partial charge on any atom is 0.349 e. The fraction of sp³-hybridized carbons (Fsp3) is 0.545. The third-order valence-corrected chi connectivity index (χ3v) is 3.03. The Bertz CT molecular complexity index is 623. The summed E-state index contributed by atoms with van der Waals surface area (Å²) in [5, 5.41) is 6.21. The van der Waals surface area contributed by atoms with Gasteiger partial charge in [-0.15, -0.1) is 11.6 Å². The minimum atomic E-state index is -0.288. The fourth-order valence-electron chi connectivity index (χ4n) is 1.90. The Kier molecular flexibility index (Phi) is 4.06. The zero-order chi connectivity index (χ0) is 14.0. The van der Waals surface area contributed by atoms with Crippen LogP contribution in [0.5, 0.6) is 0 Å². The summed E-state index contributed by atoms with van der Waals surface area (Å²) in [6.45, 7) is 2.82. The number of hydrogen-bond acceptors (Lipinski definition) is 5. The molecule has 0 saturated carbocycles. The van der Waals surface area contributed by atoms with Gasteiger partial charge in [0.2, 0.25) is 0 Å². The summed E-state index contributed by atoms with van der Waals surface area (Å²) in [6.07, 6.45) is 0. The average Bonchev–Trinajstić information content (AvgIpc) is 2.71. The summed E-state index contributed by atoms with van der Waals surface area (Å²) in [7, 11) is 3.49. The normalized spacial score (nSPS) is 12.8. The SMILES string of the molecule is COCC(Cl)CN(C)c1cc2n[nH]c(=O)n2c(C)n1. The predicted octanol–water partition coefficient (Wildman–Crippen LogP) is 0.416. The van der Waals surface area contributed by atoms with E-state index in [-0.39, 0.29) is 11.1 Å². The number of hydrogen-bond donors (Lipinski definition) is 1. The monoisotopic (exact) mass is 285 g/mol. The molecule has 0 aliphatic carbocycles. The van der Waals surface area contributed by atoms with Crippen LogP contribution in [0, 0.1) is 6.92 Å². The summed E-state index contributed by atoms with van der Waals surface area (Å²) in [5.74, 6) is 1.29. The minimum absolute atomic E-state index is 0.130. The molecule has 19 heavy (non-hydrogen) atoms. The van der Waals surface area contributed by atoms with Gasteiger partial charge in [-0.3, -0.25) is 0 Å². The second-order valence-electron chi connectivity index (χ2n) is 4.32. The molecule has 0 spiro atoms. The molecule has 0 amide bonds. The van der Waals surface area contributed by atoms with E-state index >= 15 is 0 Å². The van der Waals surface area contributed by atoms with Crippen LogP contribution in [0.4, 0.5) is 5.82 Å². The van der Waals surface area contributed by atoms with Crippen LogP contribution in [0.3, 0.4) is 0 Å². The van der Waals surface area contributed by atoms with E-state index in [2.05, 4.69) is 15.2 Å². The molecule has 0 fully saturated rings. The maximum atomic E-state index is 11.5. The third-order valence-electron chi connectivity index (χ3n) is 2.77. The molecule has 1 unspecified atom stereocenters. The van der Waals surface area contributed by atoms with Gasteiger partial charge in [0, 0.05) is 26.8 Å². The topological polar surface area (TPSA) is 75.5 Å². The number of halogens is 1. The van der Waals surface area contributed by atoms with Gasteiger partial charge < -0.3 is 9.64 Å². The highest BCUT2D eigenvalue weighted by molar-refractivity contribution is 6.21. The molecular formula is C11H16ClN5O2. The van der Waals surface area contributed by atoms with Gasteiger partial charge in [-0.1, -0.05) is 0 Å².